The number of nitriles is 1. The fourth-order valence-corrected chi connectivity index (χ4v) is 3.90. The summed E-state index contributed by atoms with van der Waals surface area (Å²) in [6.45, 7) is 2.69. The van der Waals surface area contributed by atoms with Crippen LogP contribution in [0.4, 0.5) is 0 Å². The number of amides is 2. The Labute approximate surface area is 162 Å². The van der Waals surface area contributed by atoms with E-state index >= 15 is 0 Å². The zero-order valence-electron chi connectivity index (χ0n) is 15.7. The first-order valence-corrected chi connectivity index (χ1v) is 9.82. The smallest absolute Gasteiger partial charge is 0.255 e. The van der Waals surface area contributed by atoms with Crippen molar-refractivity contribution in [3.8, 4) is 6.07 Å². The molecule has 8 heteroatoms. The van der Waals surface area contributed by atoms with Crippen LogP contribution in [0, 0.1) is 22.7 Å². The molecule has 5 rings (SSSR count). The van der Waals surface area contributed by atoms with E-state index in [1.807, 2.05) is 6.92 Å². The predicted octanol–water partition coefficient (Wildman–Crippen LogP) is 1.72. The highest BCUT2D eigenvalue weighted by molar-refractivity contribution is 6.06. The number of fused-ring (bicyclic) bond motifs is 1. The van der Waals surface area contributed by atoms with Crippen LogP contribution in [0.3, 0.4) is 0 Å². The molecule has 0 spiro atoms. The van der Waals surface area contributed by atoms with Crippen LogP contribution in [0.5, 0.6) is 0 Å². The second-order valence-corrected chi connectivity index (χ2v) is 8.62. The van der Waals surface area contributed by atoms with E-state index in [-0.39, 0.29) is 17.7 Å². The topological polar surface area (TPSA) is 115 Å². The van der Waals surface area contributed by atoms with Gasteiger partial charge in [-0.1, -0.05) is 0 Å². The molecule has 1 saturated heterocycles. The van der Waals surface area contributed by atoms with Gasteiger partial charge >= 0.3 is 0 Å². The highest BCUT2D eigenvalue weighted by atomic mass is 16.2. The van der Waals surface area contributed by atoms with Crippen molar-refractivity contribution in [2.45, 2.75) is 44.6 Å². The molecule has 0 bridgehead atoms. The second-order valence-electron chi connectivity index (χ2n) is 8.62. The van der Waals surface area contributed by atoms with Crippen LogP contribution in [-0.4, -0.2) is 50.8 Å². The van der Waals surface area contributed by atoms with Crippen LogP contribution in [0.1, 0.15) is 54.6 Å². The molecule has 2 N–H and O–H groups in total. The molecule has 3 fully saturated rings. The molecular weight excluding hydrogens is 356 g/mol. The van der Waals surface area contributed by atoms with Gasteiger partial charge < -0.3 is 15.2 Å². The molecule has 2 amide bonds. The highest BCUT2D eigenvalue weighted by Gasteiger charge is 2.47. The van der Waals surface area contributed by atoms with E-state index in [1.54, 1.807) is 17.3 Å². The Hall–Kier alpha value is -2.95. The van der Waals surface area contributed by atoms with Gasteiger partial charge in [0.05, 0.1) is 28.9 Å². The van der Waals surface area contributed by atoms with Gasteiger partial charge in [0.2, 0.25) is 5.91 Å². The number of likely N-dealkylation sites (tertiary alicyclic amines) is 1. The second kappa shape index (κ2) is 6.03. The third-order valence-electron chi connectivity index (χ3n) is 5.95. The molecule has 1 atom stereocenters. The lowest BCUT2D eigenvalue weighted by molar-refractivity contribution is -0.142. The summed E-state index contributed by atoms with van der Waals surface area (Å²) in [6.07, 6.45) is 7.47. The van der Waals surface area contributed by atoms with E-state index in [4.69, 9.17) is 5.26 Å². The minimum atomic E-state index is -0.541. The molecule has 1 aliphatic heterocycles. The molecule has 2 aliphatic carbocycles. The molecule has 0 aromatic carbocycles. The van der Waals surface area contributed by atoms with Crippen LogP contribution < -0.4 is 5.32 Å². The summed E-state index contributed by atoms with van der Waals surface area (Å²) in [7, 11) is 0. The summed E-state index contributed by atoms with van der Waals surface area (Å²) in [5.41, 5.74) is 2.02. The monoisotopic (exact) mass is 378 g/mol. The van der Waals surface area contributed by atoms with Gasteiger partial charge in [0.25, 0.3) is 5.91 Å². The fourth-order valence-electron chi connectivity index (χ4n) is 3.90. The third-order valence-corrected chi connectivity index (χ3v) is 5.95. The fraction of sp³-hybridized carbons (Fsp3) is 0.550. The molecule has 8 nitrogen and oxygen atoms in total. The summed E-state index contributed by atoms with van der Waals surface area (Å²) in [6, 6.07) is 1.71. The number of nitrogens with zero attached hydrogens (tertiary/aromatic N) is 4. The zero-order valence-corrected chi connectivity index (χ0v) is 15.7. The van der Waals surface area contributed by atoms with Gasteiger partial charge in [0, 0.05) is 25.2 Å². The minimum Gasteiger partial charge on any atom is -0.344 e. The Balaban J connectivity index is 1.35. The lowest BCUT2D eigenvalue weighted by atomic mass is 9.83. The van der Waals surface area contributed by atoms with Gasteiger partial charge in [-0.05, 0) is 38.5 Å². The lowest BCUT2D eigenvalue weighted by Crippen LogP contribution is -2.61. The molecule has 2 aromatic heterocycles. The molecule has 0 unspecified atom stereocenters. The number of nitrogens with one attached hydrogen (secondary N) is 2. The van der Waals surface area contributed by atoms with Gasteiger partial charge in [-0.3, -0.25) is 9.59 Å². The standard InChI is InChI=1S/C20H22N6O2/c1-20(8-21)9-26(10-20)19(28)15(12-4-5-12)25-18(27)13-6-22-17-16(13)24-14(7-23-17)11-2-3-11/h6-7,11-12,15H,2-5,9-10H2,1H3,(H,22,23)(H,25,27)/t15-/m1/s1. The van der Waals surface area contributed by atoms with Crippen molar-refractivity contribution < 1.29 is 9.59 Å². The number of aromatic amines is 1. The van der Waals surface area contributed by atoms with Gasteiger partial charge in [-0.25, -0.2) is 9.97 Å². The van der Waals surface area contributed by atoms with Crippen molar-refractivity contribution in [1.29, 1.82) is 5.26 Å². The maximum Gasteiger partial charge on any atom is 0.255 e. The lowest BCUT2D eigenvalue weighted by Gasteiger charge is -2.44. The number of hydrogen-bond acceptors (Lipinski definition) is 5. The van der Waals surface area contributed by atoms with Crippen molar-refractivity contribution in [1.82, 2.24) is 25.2 Å². The summed E-state index contributed by atoms with van der Waals surface area (Å²) in [4.78, 5) is 39.5. The number of aromatic nitrogens is 3. The van der Waals surface area contributed by atoms with Gasteiger partial charge in [0.15, 0.2) is 5.65 Å². The summed E-state index contributed by atoms with van der Waals surface area (Å²) < 4.78 is 0. The number of rotatable bonds is 5. The predicted molar refractivity (Wildman–Crippen MR) is 100 cm³/mol. The van der Waals surface area contributed by atoms with Crippen molar-refractivity contribution >= 4 is 23.0 Å². The maximum atomic E-state index is 13.0. The van der Waals surface area contributed by atoms with E-state index < -0.39 is 11.5 Å². The highest BCUT2D eigenvalue weighted by Crippen LogP contribution is 2.39. The molecule has 3 heterocycles. The van der Waals surface area contributed by atoms with E-state index in [0.29, 0.717) is 35.7 Å². The molecule has 3 aliphatic rings. The quantitative estimate of drug-likeness (QED) is 0.822. The van der Waals surface area contributed by atoms with Crippen molar-refractivity contribution in [3.63, 3.8) is 0 Å². The third kappa shape index (κ3) is 2.91. The van der Waals surface area contributed by atoms with Gasteiger partial charge in [0.1, 0.15) is 11.6 Å². The Bertz CT molecular complexity index is 1010. The van der Waals surface area contributed by atoms with Crippen LogP contribution in [-0.2, 0) is 4.79 Å². The molecule has 2 saturated carbocycles. The van der Waals surface area contributed by atoms with E-state index in [9.17, 15) is 9.59 Å². The number of carbonyl (C=O) groups excluding carboxylic acids is 2. The van der Waals surface area contributed by atoms with E-state index in [1.165, 1.54) is 0 Å². The Kier molecular flexibility index (Phi) is 3.69. The number of hydrogen-bond donors (Lipinski definition) is 2. The first-order valence-electron chi connectivity index (χ1n) is 9.82. The van der Waals surface area contributed by atoms with Crippen LogP contribution in [0.2, 0.25) is 0 Å². The molecule has 0 radical (unpaired) electrons. The Morgan fingerprint density at radius 3 is 2.75 bits per heavy atom. The summed E-state index contributed by atoms with van der Waals surface area (Å²) in [5.74, 6) is 0.226. The molecule has 144 valence electrons. The van der Waals surface area contributed by atoms with E-state index in [0.717, 1.165) is 31.4 Å². The zero-order chi connectivity index (χ0) is 19.5. The van der Waals surface area contributed by atoms with Gasteiger partial charge in [-0.2, -0.15) is 5.26 Å². The Morgan fingerprint density at radius 2 is 2.11 bits per heavy atom. The number of carbonyl (C=O) groups is 2. The summed E-state index contributed by atoms with van der Waals surface area (Å²) in [5, 5.41) is 12.1. The molecular formula is C20H22N6O2. The SMILES string of the molecule is CC1(C#N)CN(C(=O)[C@H](NC(=O)c2c[nH]c3ncc(C4CC4)nc23)C2CC2)C1. The molecule has 28 heavy (non-hydrogen) atoms. The largest absolute Gasteiger partial charge is 0.344 e. The van der Waals surface area contributed by atoms with Crippen LogP contribution >= 0.6 is 0 Å². The van der Waals surface area contributed by atoms with Crippen molar-refractivity contribution in [2.75, 3.05) is 13.1 Å². The minimum absolute atomic E-state index is 0.0897. The van der Waals surface area contributed by atoms with Crippen LogP contribution in [0.25, 0.3) is 11.2 Å². The molecule has 2 aromatic rings. The average molecular weight is 378 g/mol. The first kappa shape index (κ1) is 17.2. The van der Waals surface area contributed by atoms with E-state index in [2.05, 4.69) is 26.3 Å². The Morgan fingerprint density at radius 1 is 1.36 bits per heavy atom. The maximum absolute atomic E-state index is 13.0. The van der Waals surface area contributed by atoms with Crippen molar-refractivity contribution in [3.05, 3.63) is 23.7 Å². The van der Waals surface area contributed by atoms with Crippen LogP contribution in [0.15, 0.2) is 12.4 Å². The van der Waals surface area contributed by atoms with Crippen molar-refractivity contribution in [2.24, 2.45) is 11.3 Å². The summed E-state index contributed by atoms with van der Waals surface area (Å²) >= 11 is 0. The number of H-pyrrole nitrogens is 1. The van der Waals surface area contributed by atoms with Gasteiger partial charge in [-0.15, -0.1) is 0 Å². The normalized spacial score (nSPS) is 21.6. The first-order chi connectivity index (χ1) is 13.5. The average Bonchev–Trinajstić information content (AvgIpc) is 3.59.